The minimum absolute atomic E-state index is 0.0203. The van der Waals surface area contributed by atoms with E-state index in [2.05, 4.69) is 36.2 Å². The Kier molecular flexibility index (Phi) is 7.10. The number of para-hydroxylation sites is 1. The Morgan fingerprint density at radius 2 is 1.81 bits per heavy atom. The molecule has 2 amide bonds. The lowest BCUT2D eigenvalue weighted by atomic mass is 9.89. The molecule has 1 N–H and O–H groups in total. The van der Waals surface area contributed by atoms with Crippen molar-refractivity contribution >= 4 is 34.9 Å². The van der Waals surface area contributed by atoms with Gasteiger partial charge in [-0.1, -0.05) is 61.3 Å². The molecule has 0 bridgehead atoms. The third-order valence-corrected chi connectivity index (χ3v) is 7.43. The first-order valence-corrected chi connectivity index (χ1v) is 12.0. The summed E-state index contributed by atoms with van der Waals surface area (Å²) < 4.78 is 0. The summed E-state index contributed by atoms with van der Waals surface area (Å²) in [5, 5.41) is 4.33. The van der Waals surface area contributed by atoms with Crippen molar-refractivity contribution in [1.29, 1.82) is 0 Å². The topological polar surface area (TPSA) is 35.6 Å². The number of rotatable bonds is 6. The van der Waals surface area contributed by atoms with E-state index in [4.69, 9.17) is 23.2 Å². The van der Waals surface area contributed by atoms with E-state index in [0.29, 0.717) is 28.4 Å². The van der Waals surface area contributed by atoms with E-state index in [1.165, 1.54) is 24.0 Å². The zero-order valence-electron chi connectivity index (χ0n) is 18.3. The number of hydrogen-bond donors (Lipinski definition) is 1. The van der Waals surface area contributed by atoms with Crippen molar-refractivity contribution in [3.8, 4) is 0 Å². The fourth-order valence-corrected chi connectivity index (χ4v) is 5.12. The minimum atomic E-state index is 0.0203. The van der Waals surface area contributed by atoms with Crippen LogP contribution in [0.15, 0.2) is 42.5 Å². The first-order chi connectivity index (χ1) is 14.9. The van der Waals surface area contributed by atoms with Gasteiger partial charge in [-0.05, 0) is 73.5 Å². The number of piperidine rings is 1. The summed E-state index contributed by atoms with van der Waals surface area (Å²) in [4.78, 5) is 17.4. The number of nitrogens with zero attached hydrogens (tertiary/aromatic N) is 2. The summed E-state index contributed by atoms with van der Waals surface area (Å²) in [6.45, 7) is 8.18. The Bertz CT molecular complexity index is 925. The summed E-state index contributed by atoms with van der Waals surface area (Å²) >= 11 is 12.2. The van der Waals surface area contributed by atoms with Crippen molar-refractivity contribution in [1.82, 2.24) is 9.80 Å². The largest absolute Gasteiger partial charge is 0.322 e. The van der Waals surface area contributed by atoms with Crippen LogP contribution in [0.2, 0.25) is 10.0 Å². The molecule has 166 valence electrons. The molecule has 2 heterocycles. The number of fused-ring (bicyclic) bond motifs is 1. The zero-order chi connectivity index (χ0) is 22.0. The normalized spacial score (nSPS) is 18.7. The van der Waals surface area contributed by atoms with Gasteiger partial charge in [-0.3, -0.25) is 0 Å². The Morgan fingerprint density at radius 3 is 2.52 bits per heavy atom. The van der Waals surface area contributed by atoms with Crippen LogP contribution in [-0.2, 0) is 13.0 Å². The van der Waals surface area contributed by atoms with Crippen molar-refractivity contribution in [2.45, 2.75) is 45.7 Å². The molecule has 2 aliphatic heterocycles. The average molecular weight is 460 g/mol. The molecule has 1 atom stereocenters. The second-order valence-electron chi connectivity index (χ2n) is 9.22. The number of carbonyl (C=O) groups is 1. The molecule has 1 fully saturated rings. The fourth-order valence-electron chi connectivity index (χ4n) is 4.80. The molecule has 2 aliphatic rings. The number of carbonyl (C=O) groups excluding carboxylic acids is 1. The van der Waals surface area contributed by atoms with Crippen LogP contribution in [0.3, 0.4) is 0 Å². The van der Waals surface area contributed by atoms with Crippen LogP contribution >= 0.6 is 23.2 Å². The lowest BCUT2D eigenvalue weighted by molar-refractivity contribution is 0.100. The number of hydrogen-bond acceptors (Lipinski definition) is 2. The van der Waals surface area contributed by atoms with Crippen molar-refractivity contribution in [2.24, 2.45) is 11.8 Å². The summed E-state index contributed by atoms with van der Waals surface area (Å²) in [5.41, 5.74) is 3.39. The molecule has 2 aromatic rings. The lowest BCUT2D eigenvalue weighted by Gasteiger charge is -2.42. The van der Waals surface area contributed by atoms with Crippen LogP contribution in [0.4, 0.5) is 10.5 Å². The van der Waals surface area contributed by atoms with Gasteiger partial charge in [-0.25, -0.2) is 4.79 Å². The standard InChI is InChI=1S/C25H31Cl2N3O/c1-17(2)24(30-15-20-5-3-4-6-23(20)28-25(30)31)16-29-11-9-18(10-12-29)13-19-7-8-21(26)22(27)14-19/h3-8,14,17-18,24H,9-13,15-16H2,1-2H3,(H,28,31). The first-order valence-electron chi connectivity index (χ1n) is 11.2. The van der Waals surface area contributed by atoms with Gasteiger partial charge in [-0.15, -0.1) is 0 Å². The molecule has 4 rings (SSSR count). The van der Waals surface area contributed by atoms with Crippen LogP contribution in [0, 0.1) is 11.8 Å². The van der Waals surface area contributed by atoms with Gasteiger partial charge < -0.3 is 15.1 Å². The quantitative estimate of drug-likeness (QED) is 0.548. The predicted octanol–water partition coefficient (Wildman–Crippen LogP) is 6.32. The van der Waals surface area contributed by atoms with Gasteiger partial charge in [0.25, 0.3) is 0 Å². The van der Waals surface area contributed by atoms with Gasteiger partial charge in [-0.2, -0.15) is 0 Å². The van der Waals surface area contributed by atoms with Gasteiger partial charge in [0.1, 0.15) is 0 Å². The Labute approximate surface area is 195 Å². The Morgan fingerprint density at radius 1 is 1.06 bits per heavy atom. The van der Waals surface area contributed by atoms with E-state index in [0.717, 1.165) is 31.7 Å². The van der Waals surface area contributed by atoms with Crippen molar-refractivity contribution in [3.63, 3.8) is 0 Å². The number of likely N-dealkylation sites (tertiary alicyclic amines) is 1. The highest BCUT2D eigenvalue weighted by Gasteiger charge is 2.32. The third kappa shape index (κ3) is 5.36. The van der Waals surface area contributed by atoms with Gasteiger partial charge in [0.05, 0.1) is 10.0 Å². The van der Waals surface area contributed by atoms with E-state index in [1.807, 2.05) is 35.2 Å². The number of nitrogens with one attached hydrogen (secondary N) is 1. The van der Waals surface area contributed by atoms with Gasteiger partial charge in [0.15, 0.2) is 0 Å². The molecule has 1 unspecified atom stereocenters. The maximum absolute atomic E-state index is 12.8. The highest BCUT2D eigenvalue weighted by Crippen LogP contribution is 2.29. The van der Waals surface area contributed by atoms with E-state index in [-0.39, 0.29) is 12.1 Å². The molecule has 31 heavy (non-hydrogen) atoms. The Balaban J connectivity index is 1.35. The van der Waals surface area contributed by atoms with Crippen molar-refractivity contribution in [2.75, 3.05) is 25.0 Å². The number of anilines is 1. The van der Waals surface area contributed by atoms with Crippen LogP contribution < -0.4 is 5.32 Å². The molecule has 0 spiro atoms. The third-order valence-electron chi connectivity index (χ3n) is 6.69. The van der Waals surface area contributed by atoms with Gasteiger partial charge in [0.2, 0.25) is 0 Å². The summed E-state index contributed by atoms with van der Waals surface area (Å²) in [6.07, 6.45) is 3.38. The number of urea groups is 1. The average Bonchev–Trinajstić information content (AvgIpc) is 2.75. The molecule has 6 heteroatoms. The van der Waals surface area contributed by atoms with Crippen LogP contribution in [-0.4, -0.2) is 41.5 Å². The Hall–Kier alpha value is -1.75. The molecule has 2 aromatic carbocycles. The van der Waals surface area contributed by atoms with E-state index < -0.39 is 0 Å². The highest BCUT2D eigenvalue weighted by atomic mass is 35.5. The summed E-state index contributed by atoms with van der Waals surface area (Å²) in [5.74, 6) is 1.06. The fraction of sp³-hybridized carbons (Fsp3) is 0.480. The summed E-state index contributed by atoms with van der Waals surface area (Å²) in [7, 11) is 0. The monoisotopic (exact) mass is 459 g/mol. The van der Waals surface area contributed by atoms with Crippen molar-refractivity contribution < 1.29 is 4.79 Å². The molecule has 0 radical (unpaired) electrons. The molecule has 0 saturated carbocycles. The minimum Gasteiger partial charge on any atom is -0.316 e. The molecule has 1 saturated heterocycles. The second kappa shape index (κ2) is 9.81. The van der Waals surface area contributed by atoms with Gasteiger partial charge in [0, 0.05) is 24.8 Å². The van der Waals surface area contributed by atoms with E-state index in [9.17, 15) is 4.79 Å². The SMILES string of the molecule is CC(C)C(CN1CCC(Cc2ccc(Cl)c(Cl)c2)CC1)N1Cc2ccccc2NC1=O. The van der Waals surface area contributed by atoms with Gasteiger partial charge >= 0.3 is 6.03 Å². The molecule has 0 aromatic heterocycles. The van der Waals surface area contributed by atoms with Crippen LogP contribution in [0.25, 0.3) is 0 Å². The molecular formula is C25H31Cl2N3O. The number of benzene rings is 2. The van der Waals surface area contributed by atoms with E-state index >= 15 is 0 Å². The smallest absolute Gasteiger partial charge is 0.316 e. The van der Waals surface area contributed by atoms with Crippen LogP contribution in [0.1, 0.15) is 37.8 Å². The zero-order valence-corrected chi connectivity index (χ0v) is 19.8. The second-order valence-corrected chi connectivity index (χ2v) is 10.0. The van der Waals surface area contributed by atoms with Crippen LogP contribution in [0.5, 0.6) is 0 Å². The highest BCUT2D eigenvalue weighted by molar-refractivity contribution is 6.42. The first kappa shape index (κ1) is 22.4. The summed E-state index contributed by atoms with van der Waals surface area (Å²) in [6, 6.07) is 14.3. The molecular weight excluding hydrogens is 429 g/mol. The van der Waals surface area contributed by atoms with E-state index in [1.54, 1.807) is 0 Å². The molecule has 4 nitrogen and oxygen atoms in total. The number of halogens is 2. The molecule has 0 aliphatic carbocycles. The van der Waals surface area contributed by atoms with Crippen molar-refractivity contribution in [3.05, 3.63) is 63.6 Å². The maximum Gasteiger partial charge on any atom is 0.322 e. The maximum atomic E-state index is 12.8. The predicted molar refractivity (Wildman–Crippen MR) is 129 cm³/mol. The number of amides is 2. The lowest BCUT2D eigenvalue weighted by Crippen LogP contribution is -2.53.